The van der Waals surface area contributed by atoms with Gasteiger partial charge in [0.25, 0.3) is 5.56 Å². The van der Waals surface area contributed by atoms with Crippen LogP contribution in [0.3, 0.4) is 0 Å². The maximum absolute atomic E-state index is 12.4. The molecule has 0 saturated carbocycles. The van der Waals surface area contributed by atoms with Gasteiger partial charge in [-0.25, -0.2) is 4.68 Å². The van der Waals surface area contributed by atoms with Crippen LogP contribution in [0.25, 0.3) is 11.3 Å². The minimum atomic E-state index is -0.699. The molecule has 6 nitrogen and oxygen atoms in total. The number of carbonyl (C=O) groups excluding carboxylic acids is 1. The highest BCUT2D eigenvalue weighted by Gasteiger charge is 2.17. The van der Waals surface area contributed by atoms with Crippen molar-refractivity contribution in [1.29, 1.82) is 0 Å². The predicted molar refractivity (Wildman–Crippen MR) is 99.6 cm³/mol. The predicted octanol–water partition coefficient (Wildman–Crippen LogP) is 2.23. The number of hydrogen-bond acceptors (Lipinski definition) is 4. The topological polar surface area (TPSA) is 76.9 Å². The molecule has 2 aromatic heterocycles. The van der Waals surface area contributed by atoms with E-state index in [2.05, 4.69) is 15.4 Å². The zero-order chi connectivity index (χ0) is 18.4. The molecule has 1 unspecified atom stereocenters. The van der Waals surface area contributed by atoms with Crippen molar-refractivity contribution in [3.63, 3.8) is 0 Å². The molecule has 1 amide bonds. The van der Waals surface area contributed by atoms with Gasteiger partial charge in [0.05, 0.1) is 5.69 Å². The van der Waals surface area contributed by atoms with Crippen molar-refractivity contribution in [2.45, 2.75) is 19.4 Å². The van der Waals surface area contributed by atoms with Crippen LogP contribution in [0.4, 0.5) is 0 Å². The van der Waals surface area contributed by atoms with E-state index in [9.17, 15) is 9.59 Å². The van der Waals surface area contributed by atoms with Crippen molar-refractivity contribution in [2.75, 3.05) is 6.54 Å². The van der Waals surface area contributed by atoms with E-state index in [1.165, 1.54) is 10.7 Å². The zero-order valence-electron chi connectivity index (χ0n) is 14.5. The van der Waals surface area contributed by atoms with Gasteiger partial charge in [0.1, 0.15) is 6.04 Å². The third-order valence-corrected chi connectivity index (χ3v) is 4.08. The van der Waals surface area contributed by atoms with Crippen LogP contribution in [0.15, 0.2) is 71.8 Å². The highest BCUT2D eigenvalue weighted by Crippen LogP contribution is 2.14. The van der Waals surface area contributed by atoms with Crippen molar-refractivity contribution in [1.82, 2.24) is 20.1 Å². The summed E-state index contributed by atoms with van der Waals surface area (Å²) in [6.07, 6.45) is 4.07. The Morgan fingerprint density at radius 1 is 1.12 bits per heavy atom. The third kappa shape index (κ3) is 4.22. The van der Waals surface area contributed by atoms with Gasteiger partial charge in [0.15, 0.2) is 0 Å². The molecular weight excluding hydrogens is 328 g/mol. The molecule has 1 aromatic carbocycles. The summed E-state index contributed by atoms with van der Waals surface area (Å²) in [6.45, 7) is 2.17. The number of benzene rings is 1. The summed E-state index contributed by atoms with van der Waals surface area (Å²) in [5.41, 5.74) is 2.22. The number of rotatable bonds is 6. The lowest BCUT2D eigenvalue weighted by atomic mass is 10.1. The lowest BCUT2D eigenvalue weighted by Crippen LogP contribution is -2.37. The first kappa shape index (κ1) is 17.5. The lowest BCUT2D eigenvalue weighted by molar-refractivity contribution is -0.124. The van der Waals surface area contributed by atoms with Gasteiger partial charge >= 0.3 is 0 Å². The number of aromatic nitrogens is 3. The SMILES string of the molecule is CC(C(=O)NCCc1ccccc1)n1nc(-c2cccnc2)ccc1=O. The summed E-state index contributed by atoms with van der Waals surface area (Å²) < 4.78 is 1.21. The fraction of sp³-hybridized carbons (Fsp3) is 0.200. The highest BCUT2D eigenvalue weighted by atomic mass is 16.2. The maximum Gasteiger partial charge on any atom is 0.267 e. The normalized spacial score (nSPS) is 11.7. The molecule has 0 fully saturated rings. The fourth-order valence-corrected chi connectivity index (χ4v) is 2.60. The Bertz CT molecular complexity index is 923. The third-order valence-electron chi connectivity index (χ3n) is 4.08. The van der Waals surface area contributed by atoms with Crippen LogP contribution in [0.1, 0.15) is 18.5 Å². The Hall–Kier alpha value is -3.28. The second-order valence-corrected chi connectivity index (χ2v) is 5.95. The van der Waals surface area contributed by atoms with Crippen LogP contribution >= 0.6 is 0 Å². The van der Waals surface area contributed by atoms with Gasteiger partial charge in [0.2, 0.25) is 5.91 Å². The molecule has 132 valence electrons. The van der Waals surface area contributed by atoms with Crippen LogP contribution in [-0.4, -0.2) is 27.2 Å². The molecule has 0 spiro atoms. The second-order valence-electron chi connectivity index (χ2n) is 5.95. The van der Waals surface area contributed by atoms with Gasteiger partial charge in [-0.15, -0.1) is 0 Å². The van der Waals surface area contributed by atoms with E-state index in [0.717, 1.165) is 17.5 Å². The Balaban J connectivity index is 1.69. The number of pyridine rings is 1. The first-order chi connectivity index (χ1) is 12.6. The number of carbonyl (C=O) groups is 1. The molecule has 1 N–H and O–H groups in total. The second kappa shape index (κ2) is 8.20. The molecule has 3 rings (SSSR count). The van der Waals surface area contributed by atoms with E-state index in [1.54, 1.807) is 31.5 Å². The Kier molecular flexibility index (Phi) is 5.53. The monoisotopic (exact) mass is 348 g/mol. The largest absolute Gasteiger partial charge is 0.354 e. The number of nitrogens with one attached hydrogen (secondary N) is 1. The summed E-state index contributed by atoms with van der Waals surface area (Å²) in [5.74, 6) is -0.237. The van der Waals surface area contributed by atoms with Gasteiger partial charge in [0, 0.05) is 30.6 Å². The van der Waals surface area contributed by atoms with E-state index in [1.807, 2.05) is 36.4 Å². The van der Waals surface area contributed by atoms with Crippen molar-refractivity contribution >= 4 is 5.91 Å². The molecule has 0 saturated heterocycles. The summed E-state index contributed by atoms with van der Waals surface area (Å²) in [5, 5.41) is 7.20. The molecule has 26 heavy (non-hydrogen) atoms. The number of amides is 1. The van der Waals surface area contributed by atoms with E-state index < -0.39 is 6.04 Å². The first-order valence-corrected chi connectivity index (χ1v) is 8.47. The van der Waals surface area contributed by atoms with Crippen molar-refractivity contribution in [3.8, 4) is 11.3 Å². The van der Waals surface area contributed by atoms with Crippen molar-refractivity contribution < 1.29 is 4.79 Å². The number of nitrogens with zero attached hydrogens (tertiary/aromatic N) is 3. The molecule has 1 atom stereocenters. The average molecular weight is 348 g/mol. The number of hydrogen-bond donors (Lipinski definition) is 1. The summed E-state index contributed by atoms with van der Waals surface area (Å²) in [6, 6.07) is 15.9. The first-order valence-electron chi connectivity index (χ1n) is 8.47. The quantitative estimate of drug-likeness (QED) is 0.741. The Morgan fingerprint density at radius 2 is 1.92 bits per heavy atom. The zero-order valence-corrected chi connectivity index (χ0v) is 14.5. The summed E-state index contributed by atoms with van der Waals surface area (Å²) >= 11 is 0. The van der Waals surface area contributed by atoms with Gasteiger partial charge in [-0.05, 0) is 37.1 Å². The minimum absolute atomic E-state index is 0.237. The van der Waals surface area contributed by atoms with Crippen molar-refractivity contribution in [2.24, 2.45) is 0 Å². The summed E-state index contributed by atoms with van der Waals surface area (Å²) in [4.78, 5) is 28.6. The smallest absolute Gasteiger partial charge is 0.267 e. The van der Waals surface area contributed by atoms with Crippen LogP contribution in [-0.2, 0) is 11.2 Å². The molecule has 6 heteroatoms. The van der Waals surface area contributed by atoms with Gasteiger partial charge in [-0.2, -0.15) is 5.10 Å². The van der Waals surface area contributed by atoms with Crippen LogP contribution in [0.5, 0.6) is 0 Å². The van der Waals surface area contributed by atoms with Gasteiger partial charge in [-0.3, -0.25) is 14.6 Å². The Labute approximate surface area is 151 Å². The highest BCUT2D eigenvalue weighted by molar-refractivity contribution is 5.79. The lowest BCUT2D eigenvalue weighted by Gasteiger charge is -2.15. The molecule has 0 aliphatic rings. The Morgan fingerprint density at radius 3 is 2.65 bits per heavy atom. The van der Waals surface area contributed by atoms with Crippen LogP contribution < -0.4 is 10.9 Å². The maximum atomic E-state index is 12.4. The van der Waals surface area contributed by atoms with Gasteiger partial charge in [-0.1, -0.05) is 30.3 Å². The molecule has 2 heterocycles. The molecule has 3 aromatic rings. The average Bonchev–Trinajstić information content (AvgIpc) is 2.69. The van der Waals surface area contributed by atoms with Gasteiger partial charge < -0.3 is 5.32 Å². The molecule has 0 aliphatic heterocycles. The van der Waals surface area contributed by atoms with E-state index >= 15 is 0 Å². The van der Waals surface area contributed by atoms with E-state index in [0.29, 0.717) is 12.2 Å². The standard InChI is InChI=1S/C20H20N4O2/c1-15(20(26)22-13-11-16-6-3-2-4-7-16)24-19(25)10-9-18(23-24)17-8-5-12-21-14-17/h2-10,12,14-15H,11,13H2,1H3,(H,22,26). The summed E-state index contributed by atoms with van der Waals surface area (Å²) in [7, 11) is 0. The fourth-order valence-electron chi connectivity index (χ4n) is 2.60. The van der Waals surface area contributed by atoms with E-state index in [4.69, 9.17) is 0 Å². The molecular formula is C20H20N4O2. The molecule has 0 radical (unpaired) electrons. The van der Waals surface area contributed by atoms with Crippen molar-refractivity contribution in [3.05, 3.63) is 82.9 Å². The van der Waals surface area contributed by atoms with E-state index in [-0.39, 0.29) is 11.5 Å². The molecule has 0 aliphatic carbocycles. The van der Waals surface area contributed by atoms with Crippen LogP contribution in [0, 0.1) is 0 Å². The molecule has 0 bridgehead atoms. The minimum Gasteiger partial charge on any atom is -0.354 e. The van der Waals surface area contributed by atoms with Crippen LogP contribution in [0.2, 0.25) is 0 Å².